The topological polar surface area (TPSA) is 59.5 Å². The Balaban J connectivity index is 1.52. The van der Waals surface area contributed by atoms with Gasteiger partial charge < -0.3 is 13.8 Å². The lowest BCUT2D eigenvalue weighted by Gasteiger charge is -2.24. The van der Waals surface area contributed by atoms with Gasteiger partial charge in [0, 0.05) is 25.1 Å². The summed E-state index contributed by atoms with van der Waals surface area (Å²) in [5, 5.41) is 3.91. The Morgan fingerprint density at radius 2 is 2.00 bits per heavy atom. The first-order chi connectivity index (χ1) is 12.7. The predicted octanol–water partition coefficient (Wildman–Crippen LogP) is 4.48. The molecule has 3 heterocycles. The third-order valence-corrected chi connectivity index (χ3v) is 4.79. The molecule has 0 N–H and O–H groups in total. The van der Waals surface area contributed by atoms with Crippen molar-refractivity contribution in [2.24, 2.45) is 0 Å². The van der Waals surface area contributed by atoms with Crippen LogP contribution >= 0.6 is 0 Å². The molecule has 5 nitrogen and oxygen atoms in total. The molecule has 4 rings (SSSR count). The molecular weight excluding hydrogens is 335 g/mol. The highest BCUT2D eigenvalue weighted by Gasteiger charge is 2.26. The fraction of sp³-hybridized carbons (Fsp3) is 0.300. The van der Waals surface area contributed by atoms with Gasteiger partial charge in [-0.1, -0.05) is 23.7 Å². The summed E-state index contributed by atoms with van der Waals surface area (Å²) in [5.74, 6) is 0.766. The predicted molar refractivity (Wildman–Crippen MR) is 93.1 cm³/mol. The first-order valence-corrected chi connectivity index (χ1v) is 8.76. The van der Waals surface area contributed by atoms with Gasteiger partial charge in [-0.25, -0.2) is 4.39 Å². The molecule has 0 bridgehead atoms. The molecule has 0 radical (unpaired) electrons. The number of likely N-dealkylation sites (tertiary alicyclic amines) is 1. The van der Waals surface area contributed by atoms with Crippen LogP contribution in [0.15, 0.2) is 57.7 Å². The maximum Gasteiger partial charge on any atom is 0.276 e. The van der Waals surface area contributed by atoms with E-state index in [0.29, 0.717) is 24.6 Å². The molecule has 0 unspecified atom stereocenters. The molecule has 1 atom stereocenters. The lowest BCUT2D eigenvalue weighted by Crippen LogP contribution is -2.34. The Kier molecular flexibility index (Phi) is 4.56. The van der Waals surface area contributed by atoms with E-state index >= 15 is 0 Å². The van der Waals surface area contributed by atoms with Crippen molar-refractivity contribution < 1.29 is 18.1 Å². The molecular formula is C20H19FN2O3. The molecule has 1 aromatic carbocycles. The van der Waals surface area contributed by atoms with Gasteiger partial charge in [-0.3, -0.25) is 4.79 Å². The van der Waals surface area contributed by atoms with Gasteiger partial charge in [0.25, 0.3) is 5.91 Å². The van der Waals surface area contributed by atoms with E-state index < -0.39 is 0 Å². The van der Waals surface area contributed by atoms with Crippen LogP contribution in [-0.2, 0) is 0 Å². The van der Waals surface area contributed by atoms with Crippen LogP contribution < -0.4 is 0 Å². The normalized spacial score (nSPS) is 17.9. The SMILES string of the molecule is O=C(c1cc(-c2ccco2)on1)N1CCCC[C@H](c2ccc(F)cc2)C1. The highest BCUT2D eigenvalue weighted by Crippen LogP contribution is 2.28. The van der Waals surface area contributed by atoms with Crippen molar-refractivity contribution in [2.45, 2.75) is 25.2 Å². The van der Waals surface area contributed by atoms with Gasteiger partial charge >= 0.3 is 0 Å². The molecule has 0 saturated carbocycles. The summed E-state index contributed by atoms with van der Waals surface area (Å²) in [6.07, 6.45) is 4.49. The smallest absolute Gasteiger partial charge is 0.276 e. The van der Waals surface area contributed by atoms with E-state index in [1.54, 1.807) is 36.6 Å². The number of hydrogen-bond acceptors (Lipinski definition) is 4. The van der Waals surface area contributed by atoms with E-state index in [1.165, 1.54) is 12.1 Å². The third kappa shape index (κ3) is 3.40. The second-order valence-electron chi connectivity index (χ2n) is 6.55. The average molecular weight is 354 g/mol. The van der Waals surface area contributed by atoms with Gasteiger partial charge in [0.2, 0.25) is 5.76 Å². The summed E-state index contributed by atoms with van der Waals surface area (Å²) in [7, 11) is 0. The Morgan fingerprint density at radius 3 is 2.77 bits per heavy atom. The van der Waals surface area contributed by atoms with E-state index in [-0.39, 0.29) is 23.3 Å². The van der Waals surface area contributed by atoms with Crippen molar-refractivity contribution in [2.75, 3.05) is 13.1 Å². The van der Waals surface area contributed by atoms with Crippen LogP contribution in [0.25, 0.3) is 11.5 Å². The Labute approximate surface area is 150 Å². The number of benzene rings is 1. The number of hydrogen-bond donors (Lipinski definition) is 0. The first kappa shape index (κ1) is 16.6. The van der Waals surface area contributed by atoms with Gasteiger partial charge in [-0.05, 0) is 42.7 Å². The average Bonchev–Trinajstić information content (AvgIpc) is 3.29. The fourth-order valence-electron chi connectivity index (χ4n) is 3.41. The number of amides is 1. The molecule has 6 heteroatoms. The van der Waals surface area contributed by atoms with Crippen LogP contribution in [0.1, 0.15) is 41.2 Å². The summed E-state index contributed by atoms with van der Waals surface area (Å²) in [6, 6.07) is 11.7. The number of aromatic nitrogens is 1. The van der Waals surface area contributed by atoms with Crippen molar-refractivity contribution in [3.05, 3.63) is 65.8 Å². The van der Waals surface area contributed by atoms with Crippen molar-refractivity contribution in [1.82, 2.24) is 10.1 Å². The quantitative estimate of drug-likeness (QED) is 0.696. The highest BCUT2D eigenvalue weighted by atomic mass is 19.1. The lowest BCUT2D eigenvalue weighted by molar-refractivity contribution is 0.0744. The molecule has 3 aromatic rings. The van der Waals surface area contributed by atoms with Gasteiger partial charge in [0.15, 0.2) is 11.5 Å². The van der Waals surface area contributed by atoms with Gasteiger partial charge in [0.1, 0.15) is 5.82 Å². The van der Waals surface area contributed by atoms with Crippen LogP contribution in [0.3, 0.4) is 0 Å². The Bertz CT molecular complexity index is 871. The molecule has 2 aromatic heterocycles. The zero-order valence-electron chi connectivity index (χ0n) is 14.2. The molecule has 134 valence electrons. The number of halogens is 1. The highest BCUT2D eigenvalue weighted by molar-refractivity contribution is 5.93. The van der Waals surface area contributed by atoms with Crippen molar-refractivity contribution in [3.63, 3.8) is 0 Å². The van der Waals surface area contributed by atoms with Crippen molar-refractivity contribution >= 4 is 5.91 Å². The van der Waals surface area contributed by atoms with E-state index in [0.717, 1.165) is 24.8 Å². The molecule has 26 heavy (non-hydrogen) atoms. The molecule has 1 aliphatic rings. The molecule has 1 amide bonds. The molecule has 1 fully saturated rings. The minimum Gasteiger partial charge on any atom is -0.461 e. The second-order valence-corrected chi connectivity index (χ2v) is 6.55. The maximum absolute atomic E-state index is 13.2. The van der Waals surface area contributed by atoms with E-state index in [2.05, 4.69) is 5.16 Å². The summed E-state index contributed by atoms with van der Waals surface area (Å²) >= 11 is 0. The molecule has 1 aliphatic heterocycles. The van der Waals surface area contributed by atoms with Crippen LogP contribution in [0, 0.1) is 5.82 Å². The number of furan rings is 1. The van der Waals surface area contributed by atoms with Crippen LogP contribution in [0.2, 0.25) is 0 Å². The Hall–Kier alpha value is -2.89. The number of carbonyl (C=O) groups excluding carboxylic acids is 1. The largest absolute Gasteiger partial charge is 0.461 e. The standard InChI is InChI=1S/C20H19FN2O3/c21-16-8-6-14(7-9-16)15-4-1-2-10-23(13-15)20(24)17-12-19(26-22-17)18-5-3-11-25-18/h3,5-9,11-12,15H,1-2,4,10,13H2/t15-/m0/s1. The number of rotatable bonds is 3. The molecule has 0 spiro atoms. The van der Waals surface area contributed by atoms with Gasteiger partial charge in [0.05, 0.1) is 6.26 Å². The second kappa shape index (κ2) is 7.15. The fourth-order valence-corrected chi connectivity index (χ4v) is 3.41. The van der Waals surface area contributed by atoms with E-state index in [9.17, 15) is 9.18 Å². The summed E-state index contributed by atoms with van der Waals surface area (Å²) in [6.45, 7) is 1.27. The summed E-state index contributed by atoms with van der Waals surface area (Å²) < 4.78 is 23.7. The van der Waals surface area contributed by atoms with Gasteiger partial charge in [-0.15, -0.1) is 0 Å². The minimum atomic E-state index is -0.247. The molecule has 1 saturated heterocycles. The van der Waals surface area contributed by atoms with E-state index in [4.69, 9.17) is 8.94 Å². The zero-order valence-corrected chi connectivity index (χ0v) is 14.2. The maximum atomic E-state index is 13.2. The minimum absolute atomic E-state index is 0.152. The first-order valence-electron chi connectivity index (χ1n) is 8.76. The van der Waals surface area contributed by atoms with Gasteiger partial charge in [-0.2, -0.15) is 0 Å². The van der Waals surface area contributed by atoms with Crippen molar-refractivity contribution in [1.29, 1.82) is 0 Å². The zero-order chi connectivity index (χ0) is 17.9. The van der Waals surface area contributed by atoms with Crippen molar-refractivity contribution in [3.8, 4) is 11.5 Å². The Morgan fingerprint density at radius 1 is 1.15 bits per heavy atom. The number of carbonyl (C=O) groups is 1. The summed E-state index contributed by atoms with van der Waals surface area (Å²) in [4.78, 5) is 14.7. The molecule has 0 aliphatic carbocycles. The van der Waals surface area contributed by atoms with E-state index in [1.807, 2.05) is 4.90 Å². The third-order valence-electron chi connectivity index (χ3n) is 4.79. The monoisotopic (exact) mass is 354 g/mol. The van der Waals surface area contributed by atoms with Crippen LogP contribution in [0.5, 0.6) is 0 Å². The number of nitrogens with zero attached hydrogens (tertiary/aromatic N) is 2. The summed E-state index contributed by atoms with van der Waals surface area (Å²) in [5.41, 5.74) is 1.33. The van der Waals surface area contributed by atoms with Crippen LogP contribution in [-0.4, -0.2) is 29.1 Å². The van der Waals surface area contributed by atoms with Crippen LogP contribution in [0.4, 0.5) is 4.39 Å². The lowest BCUT2D eigenvalue weighted by atomic mass is 9.94.